The number of nitrogens with one attached hydrogen (secondary N) is 1. The molecule has 19 heavy (non-hydrogen) atoms. The van der Waals surface area contributed by atoms with E-state index in [0.717, 1.165) is 10.9 Å². The number of benzene rings is 1. The average molecular weight is 254 g/mol. The van der Waals surface area contributed by atoms with Crippen LogP contribution in [0.5, 0.6) is 0 Å². The molecular weight excluding hydrogens is 240 g/mol. The Bertz CT molecular complexity index is 690. The molecule has 0 atom stereocenters. The van der Waals surface area contributed by atoms with Crippen molar-refractivity contribution in [1.82, 2.24) is 19.7 Å². The van der Waals surface area contributed by atoms with Gasteiger partial charge in [0, 0.05) is 24.3 Å². The van der Waals surface area contributed by atoms with Crippen LogP contribution < -0.4 is 11.1 Å². The smallest absolute Gasteiger partial charge is 0.223 e. The van der Waals surface area contributed by atoms with Gasteiger partial charge in [0.05, 0.1) is 23.9 Å². The fourth-order valence-corrected chi connectivity index (χ4v) is 1.84. The Kier molecular flexibility index (Phi) is 2.97. The van der Waals surface area contributed by atoms with Crippen molar-refractivity contribution in [1.29, 1.82) is 0 Å². The van der Waals surface area contributed by atoms with Gasteiger partial charge in [-0.15, -0.1) is 0 Å². The largest absolute Gasteiger partial charge is 0.396 e. The van der Waals surface area contributed by atoms with E-state index in [1.54, 1.807) is 17.1 Å². The molecule has 0 aliphatic rings. The molecule has 3 rings (SSSR count). The molecule has 0 radical (unpaired) electrons. The normalized spacial score (nSPS) is 10.7. The molecule has 3 aromatic rings. The Hall–Kier alpha value is -2.63. The molecular formula is C13H14N6. The van der Waals surface area contributed by atoms with Crippen molar-refractivity contribution in [3.8, 4) is 0 Å². The van der Waals surface area contributed by atoms with Crippen LogP contribution in [0.15, 0.2) is 42.9 Å². The Balaban J connectivity index is 1.65. The summed E-state index contributed by atoms with van der Waals surface area (Å²) < 4.78 is 1.78. The van der Waals surface area contributed by atoms with Crippen molar-refractivity contribution >= 4 is 22.5 Å². The first kappa shape index (κ1) is 11.5. The van der Waals surface area contributed by atoms with Gasteiger partial charge >= 0.3 is 0 Å². The number of nitrogens with zero attached hydrogens (tertiary/aromatic N) is 4. The predicted octanol–water partition coefficient (Wildman–Crippen LogP) is 1.52. The molecule has 0 aliphatic heterocycles. The summed E-state index contributed by atoms with van der Waals surface area (Å²) in [6.45, 7) is 1.41. The van der Waals surface area contributed by atoms with Gasteiger partial charge in [0.25, 0.3) is 0 Å². The summed E-state index contributed by atoms with van der Waals surface area (Å²) in [5.74, 6) is 0.624. The molecule has 3 N–H and O–H groups in total. The molecule has 0 amide bonds. The molecule has 96 valence electrons. The summed E-state index contributed by atoms with van der Waals surface area (Å²) in [6.07, 6.45) is 5.24. The van der Waals surface area contributed by atoms with Crippen LogP contribution in [0.1, 0.15) is 0 Å². The van der Waals surface area contributed by atoms with Crippen LogP contribution in [0, 0.1) is 0 Å². The summed E-state index contributed by atoms with van der Waals surface area (Å²) in [7, 11) is 0. The lowest BCUT2D eigenvalue weighted by Gasteiger charge is -2.05. The summed E-state index contributed by atoms with van der Waals surface area (Å²) in [5.41, 5.74) is 7.20. The molecule has 6 nitrogen and oxygen atoms in total. The highest BCUT2D eigenvalue weighted by Crippen LogP contribution is 2.11. The van der Waals surface area contributed by atoms with Crippen LogP contribution in [-0.2, 0) is 6.54 Å². The fourth-order valence-electron chi connectivity index (χ4n) is 1.84. The van der Waals surface area contributed by atoms with E-state index in [1.165, 1.54) is 0 Å². The standard InChI is InChI=1S/C13H14N6/c14-11-8-17-19(9-11)6-5-15-13-16-7-10-3-1-2-4-12(10)18-13/h1-4,7-9H,5-6,14H2,(H,15,16,18). The third-order valence-electron chi connectivity index (χ3n) is 2.77. The first-order valence-corrected chi connectivity index (χ1v) is 6.05. The highest BCUT2D eigenvalue weighted by Gasteiger charge is 1.99. The predicted molar refractivity (Wildman–Crippen MR) is 74.7 cm³/mol. The van der Waals surface area contributed by atoms with Crippen molar-refractivity contribution < 1.29 is 0 Å². The number of hydrogen-bond acceptors (Lipinski definition) is 5. The second kappa shape index (κ2) is 4.93. The maximum absolute atomic E-state index is 5.60. The van der Waals surface area contributed by atoms with Gasteiger partial charge < -0.3 is 11.1 Å². The van der Waals surface area contributed by atoms with E-state index < -0.39 is 0 Å². The van der Waals surface area contributed by atoms with Crippen LogP contribution in [0.25, 0.3) is 10.9 Å². The molecule has 0 bridgehead atoms. The summed E-state index contributed by atoms with van der Waals surface area (Å²) >= 11 is 0. The van der Waals surface area contributed by atoms with Crippen LogP contribution in [0.4, 0.5) is 11.6 Å². The van der Waals surface area contributed by atoms with Gasteiger partial charge in [-0.2, -0.15) is 5.10 Å². The fraction of sp³-hybridized carbons (Fsp3) is 0.154. The maximum atomic E-state index is 5.60. The van der Waals surface area contributed by atoms with E-state index in [4.69, 9.17) is 5.73 Å². The minimum atomic E-state index is 0.624. The number of fused-ring (bicyclic) bond motifs is 1. The van der Waals surface area contributed by atoms with E-state index in [2.05, 4.69) is 20.4 Å². The zero-order chi connectivity index (χ0) is 13.1. The first-order chi connectivity index (χ1) is 9.31. The van der Waals surface area contributed by atoms with E-state index >= 15 is 0 Å². The monoisotopic (exact) mass is 254 g/mol. The quantitative estimate of drug-likeness (QED) is 0.737. The Labute approximate surface area is 110 Å². The van der Waals surface area contributed by atoms with Crippen LogP contribution in [-0.4, -0.2) is 26.3 Å². The van der Waals surface area contributed by atoms with Gasteiger partial charge in [-0.1, -0.05) is 18.2 Å². The van der Waals surface area contributed by atoms with E-state index in [9.17, 15) is 0 Å². The lowest BCUT2D eigenvalue weighted by molar-refractivity contribution is 0.636. The average Bonchev–Trinajstić information content (AvgIpc) is 2.84. The van der Waals surface area contributed by atoms with Crippen molar-refractivity contribution in [2.75, 3.05) is 17.6 Å². The number of hydrogen-bond donors (Lipinski definition) is 2. The van der Waals surface area contributed by atoms with Crippen molar-refractivity contribution in [2.24, 2.45) is 0 Å². The lowest BCUT2D eigenvalue weighted by atomic mass is 10.2. The van der Waals surface area contributed by atoms with Crippen LogP contribution in [0.2, 0.25) is 0 Å². The lowest BCUT2D eigenvalue weighted by Crippen LogP contribution is -2.12. The molecule has 0 saturated carbocycles. The van der Waals surface area contributed by atoms with E-state index in [-0.39, 0.29) is 0 Å². The SMILES string of the molecule is Nc1cnn(CCNc2ncc3ccccc3n2)c1. The van der Waals surface area contributed by atoms with E-state index in [0.29, 0.717) is 24.7 Å². The molecule has 2 aromatic heterocycles. The number of nitrogens with two attached hydrogens (primary N) is 1. The Morgan fingerprint density at radius 2 is 2.11 bits per heavy atom. The highest BCUT2D eigenvalue weighted by atomic mass is 15.3. The Morgan fingerprint density at radius 1 is 1.21 bits per heavy atom. The number of rotatable bonds is 4. The summed E-state index contributed by atoms with van der Waals surface area (Å²) in [5, 5.41) is 8.31. The van der Waals surface area contributed by atoms with Gasteiger partial charge in [0.2, 0.25) is 5.95 Å². The molecule has 6 heteroatoms. The highest BCUT2D eigenvalue weighted by molar-refractivity contribution is 5.78. The minimum absolute atomic E-state index is 0.624. The molecule has 2 heterocycles. The molecule has 0 spiro atoms. The third-order valence-corrected chi connectivity index (χ3v) is 2.77. The van der Waals surface area contributed by atoms with Gasteiger partial charge in [-0.05, 0) is 6.07 Å². The summed E-state index contributed by atoms with van der Waals surface area (Å²) in [4.78, 5) is 8.70. The van der Waals surface area contributed by atoms with Gasteiger partial charge in [-0.25, -0.2) is 9.97 Å². The topological polar surface area (TPSA) is 81.6 Å². The zero-order valence-corrected chi connectivity index (χ0v) is 10.3. The second-order valence-electron chi connectivity index (χ2n) is 4.22. The molecule has 0 aliphatic carbocycles. The number of nitrogen functional groups attached to an aromatic ring is 1. The van der Waals surface area contributed by atoms with Crippen molar-refractivity contribution in [2.45, 2.75) is 6.54 Å². The number of anilines is 2. The van der Waals surface area contributed by atoms with Gasteiger partial charge in [0.15, 0.2) is 0 Å². The van der Waals surface area contributed by atoms with Crippen LogP contribution in [0.3, 0.4) is 0 Å². The van der Waals surface area contributed by atoms with Crippen molar-refractivity contribution in [3.05, 3.63) is 42.9 Å². The third kappa shape index (κ3) is 2.62. The maximum Gasteiger partial charge on any atom is 0.223 e. The van der Waals surface area contributed by atoms with E-state index in [1.807, 2.05) is 30.5 Å². The second-order valence-corrected chi connectivity index (χ2v) is 4.22. The minimum Gasteiger partial charge on any atom is -0.396 e. The van der Waals surface area contributed by atoms with Crippen LogP contribution >= 0.6 is 0 Å². The number of para-hydroxylation sites is 1. The Morgan fingerprint density at radius 3 is 2.95 bits per heavy atom. The van der Waals surface area contributed by atoms with Gasteiger partial charge in [0.1, 0.15) is 0 Å². The summed E-state index contributed by atoms with van der Waals surface area (Å²) in [6, 6.07) is 7.90. The zero-order valence-electron chi connectivity index (χ0n) is 10.3. The molecule has 0 saturated heterocycles. The molecule has 0 fully saturated rings. The van der Waals surface area contributed by atoms with Gasteiger partial charge in [-0.3, -0.25) is 4.68 Å². The van der Waals surface area contributed by atoms with Crippen molar-refractivity contribution in [3.63, 3.8) is 0 Å². The molecule has 1 aromatic carbocycles. The first-order valence-electron chi connectivity index (χ1n) is 6.05. The molecule has 0 unspecified atom stereocenters. The number of aromatic nitrogens is 4.